The Bertz CT molecular complexity index is 540. The van der Waals surface area contributed by atoms with E-state index in [0.29, 0.717) is 17.9 Å². The van der Waals surface area contributed by atoms with Gasteiger partial charge in [-0.1, -0.05) is 31.2 Å². The van der Waals surface area contributed by atoms with Gasteiger partial charge in [0.25, 0.3) is 0 Å². The maximum Gasteiger partial charge on any atom is 0.246 e. The number of hydrogen-bond donors (Lipinski definition) is 0. The number of carbonyl (C=O) groups excluding carboxylic acids is 2. The van der Waals surface area contributed by atoms with Crippen molar-refractivity contribution in [2.75, 3.05) is 16.4 Å². The highest BCUT2D eigenvalue weighted by atomic mass is 32.2. The summed E-state index contributed by atoms with van der Waals surface area (Å²) in [6.45, 7) is 6.74. The van der Waals surface area contributed by atoms with Crippen LogP contribution in [0, 0.1) is 0 Å². The van der Waals surface area contributed by atoms with Crippen LogP contribution in [0.5, 0.6) is 0 Å². The molecule has 1 atom stereocenters. The zero-order chi connectivity index (χ0) is 15.1. The van der Waals surface area contributed by atoms with Crippen LogP contribution in [0.2, 0.25) is 0 Å². The van der Waals surface area contributed by atoms with Crippen LogP contribution >= 0.6 is 0 Å². The molecule has 0 radical (unpaired) electrons. The van der Waals surface area contributed by atoms with E-state index in [1.54, 1.807) is 25.1 Å². The number of carbonyl (C=O) groups is 2. The number of para-hydroxylation sites is 1. The molecule has 0 aromatic heterocycles. The van der Waals surface area contributed by atoms with Crippen LogP contribution in [0.1, 0.15) is 19.4 Å². The van der Waals surface area contributed by atoms with Crippen molar-refractivity contribution in [3.63, 3.8) is 0 Å². The topological polar surface area (TPSA) is 54.5 Å². The van der Waals surface area contributed by atoms with Crippen LogP contribution < -0.4 is 4.90 Å². The summed E-state index contributed by atoms with van der Waals surface area (Å²) < 4.78 is 11.5. The first-order chi connectivity index (χ1) is 9.51. The lowest BCUT2D eigenvalue weighted by molar-refractivity contribution is -0.124. The molecule has 2 amide bonds. The van der Waals surface area contributed by atoms with E-state index < -0.39 is 16.7 Å². The largest absolute Gasteiger partial charge is 0.274 e. The van der Waals surface area contributed by atoms with Gasteiger partial charge in [-0.2, -0.15) is 0 Å². The van der Waals surface area contributed by atoms with Gasteiger partial charge in [0.1, 0.15) is 5.75 Å². The molecule has 20 heavy (non-hydrogen) atoms. The zero-order valence-electron chi connectivity index (χ0n) is 11.8. The first-order valence-electron chi connectivity index (χ1n) is 6.38. The quantitative estimate of drug-likeness (QED) is 0.754. The van der Waals surface area contributed by atoms with Crippen molar-refractivity contribution in [2.45, 2.75) is 20.3 Å². The van der Waals surface area contributed by atoms with Gasteiger partial charge in [0, 0.05) is 23.5 Å². The normalized spacial score (nSPS) is 11.7. The molecular formula is C15H19NO3S. The third-order valence-corrected chi connectivity index (χ3v) is 3.98. The van der Waals surface area contributed by atoms with Gasteiger partial charge in [0.2, 0.25) is 11.8 Å². The van der Waals surface area contributed by atoms with Crippen molar-refractivity contribution in [3.05, 3.63) is 42.5 Å². The number of hydrogen-bond acceptors (Lipinski definition) is 3. The first-order valence-corrected chi connectivity index (χ1v) is 7.87. The molecule has 1 aromatic carbocycles. The molecule has 0 saturated carbocycles. The Morgan fingerprint density at radius 1 is 1.35 bits per heavy atom. The first kappa shape index (κ1) is 16.3. The number of imide groups is 1. The van der Waals surface area contributed by atoms with Crippen LogP contribution in [0.3, 0.4) is 0 Å². The molecule has 1 rings (SSSR count). The summed E-state index contributed by atoms with van der Waals surface area (Å²) in [5.74, 6) is -0.557. The fourth-order valence-corrected chi connectivity index (χ4v) is 2.45. The number of rotatable bonds is 6. The van der Waals surface area contributed by atoms with Gasteiger partial charge in [0.05, 0.1) is 5.69 Å². The van der Waals surface area contributed by atoms with Crippen LogP contribution in [-0.2, 0) is 26.8 Å². The van der Waals surface area contributed by atoms with Gasteiger partial charge >= 0.3 is 0 Å². The highest BCUT2D eigenvalue weighted by Gasteiger charge is 2.23. The van der Waals surface area contributed by atoms with E-state index >= 15 is 0 Å². The zero-order valence-corrected chi connectivity index (χ0v) is 12.6. The summed E-state index contributed by atoms with van der Waals surface area (Å²) in [5, 5.41) is 0. The lowest BCUT2D eigenvalue weighted by atomic mass is 10.1. The Kier molecular flexibility index (Phi) is 6.31. The summed E-state index contributed by atoms with van der Waals surface area (Å²) in [6.07, 6.45) is 2.27. The molecule has 0 heterocycles. The van der Waals surface area contributed by atoms with Crippen molar-refractivity contribution >= 4 is 28.3 Å². The predicted molar refractivity (Wildman–Crippen MR) is 82.1 cm³/mol. The predicted octanol–water partition coefficient (Wildman–Crippen LogP) is 2.06. The van der Waals surface area contributed by atoms with E-state index in [1.807, 2.05) is 12.1 Å². The standard InChI is InChI=1S/C15H19NO3S/c1-4-8-13-9-6-7-10-14(13)16(12(3)17)15(18)11-20(19)5-2/h4,6-7,9-10H,1,5,8,11H2,2-3H3. The van der Waals surface area contributed by atoms with Gasteiger partial charge in [-0.15, -0.1) is 6.58 Å². The van der Waals surface area contributed by atoms with Crippen molar-refractivity contribution < 1.29 is 13.8 Å². The van der Waals surface area contributed by atoms with Gasteiger partial charge in [-0.3, -0.25) is 13.8 Å². The maximum atomic E-state index is 12.2. The summed E-state index contributed by atoms with van der Waals surface area (Å²) in [7, 11) is -1.24. The minimum Gasteiger partial charge on any atom is -0.274 e. The van der Waals surface area contributed by atoms with E-state index in [4.69, 9.17) is 0 Å². The average Bonchev–Trinajstić information content (AvgIpc) is 2.40. The molecule has 1 aromatic rings. The lowest BCUT2D eigenvalue weighted by Crippen LogP contribution is -2.39. The minimum absolute atomic E-state index is 0.140. The van der Waals surface area contributed by atoms with Crippen molar-refractivity contribution in [2.24, 2.45) is 0 Å². The molecule has 0 fully saturated rings. The minimum atomic E-state index is -1.24. The molecule has 4 nitrogen and oxygen atoms in total. The molecule has 5 heteroatoms. The van der Waals surface area contributed by atoms with Crippen molar-refractivity contribution in [1.82, 2.24) is 0 Å². The molecule has 0 saturated heterocycles. The number of benzene rings is 1. The van der Waals surface area contributed by atoms with E-state index in [1.165, 1.54) is 6.92 Å². The summed E-state index contributed by atoms with van der Waals surface area (Å²) in [5.41, 5.74) is 1.38. The third-order valence-electron chi connectivity index (χ3n) is 2.77. The van der Waals surface area contributed by atoms with E-state index in [-0.39, 0.29) is 11.7 Å². The smallest absolute Gasteiger partial charge is 0.246 e. The monoisotopic (exact) mass is 293 g/mol. The van der Waals surface area contributed by atoms with Gasteiger partial charge in [-0.25, -0.2) is 4.90 Å². The number of anilines is 1. The number of nitrogens with zero attached hydrogens (tertiary/aromatic N) is 1. The molecule has 108 valence electrons. The molecule has 0 aliphatic rings. The second-order valence-electron chi connectivity index (χ2n) is 4.24. The fraction of sp³-hybridized carbons (Fsp3) is 0.333. The van der Waals surface area contributed by atoms with Crippen molar-refractivity contribution in [3.8, 4) is 0 Å². The molecule has 0 aliphatic carbocycles. The molecule has 0 N–H and O–H groups in total. The van der Waals surface area contributed by atoms with E-state index in [9.17, 15) is 13.8 Å². The van der Waals surface area contributed by atoms with Gasteiger partial charge in [-0.05, 0) is 18.1 Å². The number of amides is 2. The van der Waals surface area contributed by atoms with Crippen LogP contribution in [0.25, 0.3) is 0 Å². The lowest BCUT2D eigenvalue weighted by Gasteiger charge is -2.21. The Labute approximate surface area is 121 Å². The SMILES string of the molecule is C=CCc1ccccc1N(C(C)=O)C(=O)CS(=O)CC. The number of allylic oxidation sites excluding steroid dienone is 1. The third kappa shape index (κ3) is 4.13. The Balaban J connectivity index is 3.14. The summed E-state index contributed by atoms with van der Waals surface area (Å²) in [4.78, 5) is 25.1. The van der Waals surface area contributed by atoms with Gasteiger partial charge in [0.15, 0.2) is 0 Å². The van der Waals surface area contributed by atoms with Crippen LogP contribution in [0.4, 0.5) is 5.69 Å². The van der Waals surface area contributed by atoms with Crippen LogP contribution in [0.15, 0.2) is 36.9 Å². The molecule has 0 bridgehead atoms. The van der Waals surface area contributed by atoms with E-state index in [2.05, 4.69) is 6.58 Å². The Morgan fingerprint density at radius 2 is 2.00 bits per heavy atom. The summed E-state index contributed by atoms with van der Waals surface area (Å²) >= 11 is 0. The molecule has 1 unspecified atom stereocenters. The fourth-order valence-electron chi connectivity index (χ4n) is 1.84. The molecular weight excluding hydrogens is 274 g/mol. The van der Waals surface area contributed by atoms with Gasteiger partial charge < -0.3 is 0 Å². The Hall–Kier alpha value is -1.75. The van der Waals surface area contributed by atoms with Crippen LogP contribution in [-0.4, -0.2) is 27.5 Å². The highest BCUT2D eigenvalue weighted by molar-refractivity contribution is 7.85. The van der Waals surface area contributed by atoms with E-state index in [0.717, 1.165) is 10.5 Å². The maximum absolute atomic E-state index is 12.2. The Morgan fingerprint density at radius 3 is 2.55 bits per heavy atom. The molecule has 0 spiro atoms. The second-order valence-corrected chi connectivity index (χ2v) is 5.99. The molecule has 0 aliphatic heterocycles. The van der Waals surface area contributed by atoms with Crippen molar-refractivity contribution in [1.29, 1.82) is 0 Å². The highest BCUT2D eigenvalue weighted by Crippen LogP contribution is 2.22. The second kappa shape index (κ2) is 7.75. The summed E-state index contributed by atoms with van der Waals surface area (Å²) in [6, 6.07) is 7.17. The average molecular weight is 293 g/mol.